The number of carbonyl (C=O) groups is 1. The summed E-state index contributed by atoms with van der Waals surface area (Å²) in [7, 11) is 0. The summed E-state index contributed by atoms with van der Waals surface area (Å²) in [5.41, 5.74) is 2.69. The summed E-state index contributed by atoms with van der Waals surface area (Å²) in [5, 5.41) is 3.80. The number of rotatable bonds is 1. The highest BCUT2D eigenvalue weighted by molar-refractivity contribution is 6.21. The lowest BCUT2D eigenvalue weighted by Gasteiger charge is -2.13. The van der Waals surface area contributed by atoms with Crippen LogP contribution < -0.4 is 0 Å². The topological polar surface area (TPSA) is 43.1 Å². The molecule has 1 aliphatic rings. The first-order valence-electron chi connectivity index (χ1n) is 4.85. The lowest BCUT2D eigenvalue weighted by molar-refractivity contribution is -0.114. The first kappa shape index (κ1) is 9.19. The van der Waals surface area contributed by atoms with Crippen LogP contribution in [-0.2, 0) is 4.79 Å². The van der Waals surface area contributed by atoms with E-state index in [2.05, 4.69) is 5.16 Å². The molecule has 0 radical (unpaired) electrons. The van der Waals surface area contributed by atoms with Crippen LogP contribution in [0.4, 0.5) is 0 Å². The number of aryl methyl sites for hydroxylation is 1. The van der Waals surface area contributed by atoms with Crippen molar-refractivity contribution in [3.05, 3.63) is 23.1 Å². The molecule has 0 amide bonds. The Morgan fingerprint density at radius 3 is 2.71 bits per heavy atom. The number of aromatic nitrogens is 1. The average Bonchev–Trinajstić information content (AvgIpc) is 2.51. The number of allylic oxidation sites excluding steroid dienone is 2. The van der Waals surface area contributed by atoms with E-state index in [4.69, 9.17) is 4.52 Å². The highest BCUT2D eigenvalue weighted by Crippen LogP contribution is 2.29. The van der Waals surface area contributed by atoms with Crippen molar-refractivity contribution in [2.24, 2.45) is 0 Å². The van der Waals surface area contributed by atoms with Gasteiger partial charge in [0.1, 0.15) is 0 Å². The molecular weight excluding hydrogens is 178 g/mol. The van der Waals surface area contributed by atoms with Gasteiger partial charge in [-0.25, -0.2) is 0 Å². The molecule has 0 saturated carbocycles. The minimum Gasteiger partial charge on any atom is -0.356 e. The molecule has 0 aliphatic heterocycles. The van der Waals surface area contributed by atoms with Crippen LogP contribution in [-0.4, -0.2) is 10.9 Å². The molecule has 14 heavy (non-hydrogen) atoms. The van der Waals surface area contributed by atoms with E-state index < -0.39 is 0 Å². The predicted molar refractivity (Wildman–Crippen MR) is 52.7 cm³/mol. The minimum absolute atomic E-state index is 0.185. The minimum atomic E-state index is 0.185. The maximum atomic E-state index is 11.7. The fourth-order valence-electron chi connectivity index (χ4n) is 1.83. The van der Waals surface area contributed by atoms with Gasteiger partial charge in [-0.15, -0.1) is 0 Å². The molecule has 0 atom stereocenters. The monoisotopic (exact) mass is 191 g/mol. The average molecular weight is 191 g/mol. The maximum absolute atomic E-state index is 11.7. The lowest BCUT2D eigenvalue weighted by Crippen LogP contribution is -2.08. The zero-order valence-electron chi connectivity index (χ0n) is 8.46. The zero-order chi connectivity index (χ0) is 10.1. The van der Waals surface area contributed by atoms with Crippen LogP contribution in [0.1, 0.15) is 37.6 Å². The van der Waals surface area contributed by atoms with Crippen molar-refractivity contribution in [2.45, 2.75) is 33.1 Å². The van der Waals surface area contributed by atoms with E-state index in [1.807, 2.05) is 19.9 Å². The van der Waals surface area contributed by atoms with Crippen LogP contribution in [0.5, 0.6) is 0 Å². The number of nitrogens with zero attached hydrogens (tertiary/aromatic N) is 1. The molecule has 74 valence electrons. The Morgan fingerprint density at radius 2 is 2.14 bits per heavy atom. The Labute approximate surface area is 82.8 Å². The van der Waals surface area contributed by atoms with Gasteiger partial charge in [-0.3, -0.25) is 4.79 Å². The first-order valence-corrected chi connectivity index (χ1v) is 4.85. The number of Topliss-reactive ketones (excluding diaryl/α,β-unsaturated/α-hetero) is 1. The second-order valence-corrected chi connectivity index (χ2v) is 3.76. The highest BCUT2D eigenvalue weighted by Gasteiger charge is 2.22. The van der Waals surface area contributed by atoms with Crippen LogP contribution in [0.3, 0.4) is 0 Å². The quantitative estimate of drug-likeness (QED) is 0.685. The molecule has 2 rings (SSSR count). The van der Waals surface area contributed by atoms with E-state index >= 15 is 0 Å². The molecular formula is C11H13NO2. The van der Waals surface area contributed by atoms with Crippen LogP contribution in [0, 0.1) is 6.92 Å². The van der Waals surface area contributed by atoms with Crippen LogP contribution >= 0.6 is 0 Å². The maximum Gasteiger partial charge on any atom is 0.170 e. The van der Waals surface area contributed by atoms with Gasteiger partial charge < -0.3 is 4.52 Å². The Bertz CT molecular complexity index is 401. The molecule has 1 aromatic heterocycles. The summed E-state index contributed by atoms with van der Waals surface area (Å²) in [6.07, 6.45) is 2.58. The van der Waals surface area contributed by atoms with Gasteiger partial charge in [0.15, 0.2) is 11.5 Å². The Balaban J connectivity index is 2.45. The molecule has 1 heterocycles. The molecule has 0 unspecified atom stereocenters. The molecule has 0 saturated heterocycles. The van der Waals surface area contributed by atoms with Gasteiger partial charge in [0, 0.05) is 12.5 Å². The fourth-order valence-corrected chi connectivity index (χ4v) is 1.83. The standard InChI is InChI=1S/C11H13NO2/c1-7-4-3-5-9(13)11(7)10-6-8(2)12-14-10/h6H,3-5H2,1-2H3. The van der Waals surface area contributed by atoms with Crippen molar-refractivity contribution in [1.82, 2.24) is 5.16 Å². The molecule has 1 aliphatic carbocycles. The van der Waals surface area contributed by atoms with E-state index in [1.165, 1.54) is 0 Å². The largest absolute Gasteiger partial charge is 0.356 e. The van der Waals surface area contributed by atoms with Crippen molar-refractivity contribution in [2.75, 3.05) is 0 Å². The van der Waals surface area contributed by atoms with E-state index in [0.29, 0.717) is 12.2 Å². The zero-order valence-corrected chi connectivity index (χ0v) is 8.46. The van der Waals surface area contributed by atoms with Crippen molar-refractivity contribution >= 4 is 11.4 Å². The second kappa shape index (κ2) is 3.40. The Hall–Kier alpha value is -1.38. The summed E-state index contributed by atoms with van der Waals surface area (Å²) in [4.78, 5) is 11.7. The van der Waals surface area contributed by atoms with Crippen LogP contribution in [0.25, 0.3) is 5.57 Å². The second-order valence-electron chi connectivity index (χ2n) is 3.76. The molecule has 0 bridgehead atoms. The summed E-state index contributed by atoms with van der Waals surface area (Å²) in [5.74, 6) is 0.814. The van der Waals surface area contributed by atoms with E-state index in [1.54, 1.807) is 0 Å². The Kier molecular flexibility index (Phi) is 2.23. The third-order valence-electron chi connectivity index (χ3n) is 2.54. The van der Waals surface area contributed by atoms with Crippen LogP contribution in [0.2, 0.25) is 0 Å². The van der Waals surface area contributed by atoms with Crippen molar-refractivity contribution in [3.63, 3.8) is 0 Å². The molecule has 0 fully saturated rings. The summed E-state index contributed by atoms with van der Waals surface area (Å²) < 4.78 is 5.12. The SMILES string of the molecule is CC1=C(c2cc(C)no2)C(=O)CCC1. The van der Waals surface area contributed by atoms with Crippen LogP contribution in [0.15, 0.2) is 16.2 Å². The van der Waals surface area contributed by atoms with Crippen molar-refractivity contribution < 1.29 is 9.32 Å². The fraction of sp³-hybridized carbons (Fsp3) is 0.455. The number of hydrogen-bond acceptors (Lipinski definition) is 3. The predicted octanol–water partition coefficient (Wildman–Crippen LogP) is 2.51. The third kappa shape index (κ3) is 1.50. The smallest absolute Gasteiger partial charge is 0.170 e. The van der Waals surface area contributed by atoms with Gasteiger partial charge in [-0.1, -0.05) is 10.7 Å². The number of hydrogen-bond donors (Lipinski definition) is 0. The molecule has 0 N–H and O–H groups in total. The normalized spacial score (nSPS) is 17.7. The Morgan fingerprint density at radius 1 is 1.36 bits per heavy atom. The first-order chi connectivity index (χ1) is 6.68. The molecule has 1 aromatic rings. The number of carbonyl (C=O) groups excluding carboxylic acids is 1. The van der Waals surface area contributed by atoms with Gasteiger partial charge in [-0.05, 0) is 26.7 Å². The van der Waals surface area contributed by atoms with Gasteiger partial charge in [0.25, 0.3) is 0 Å². The van der Waals surface area contributed by atoms with E-state index in [9.17, 15) is 4.79 Å². The van der Waals surface area contributed by atoms with Gasteiger partial charge in [-0.2, -0.15) is 0 Å². The van der Waals surface area contributed by atoms with Gasteiger partial charge in [0.2, 0.25) is 0 Å². The molecule has 3 heteroatoms. The van der Waals surface area contributed by atoms with Gasteiger partial charge in [0.05, 0.1) is 11.3 Å². The van der Waals surface area contributed by atoms with Crippen molar-refractivity contribution in [3.8, 4) is 0 Å². The van der Waals surface area contributed by atoms with E-state index in [0.717, 1.165) is 29.7 Å². The van der Waals surface area contributed by atoms with Crippen molar-refractivity contribution in [1.29, 1.82) is 0 Å². The highest BCUT2D eigenvalue weighted by atomic mass is 16.5. The molecule has 0 aromatic carbocycles. The number of ketones is 1. The molecule has 3 nitrogen and oxygen atoms in total. The summed E-state index contributed by atoms with van der Waals surface area (Å²) in [6.45, 7) is 3.85. The van der Waals surface area contributed by atoms with E-state index in [-0.39, 0.29) is 5.78 Å². The summed E-state index contributed by atoms with van der Waals surface area (Å²) in [6, 6.07) is 1.82. The molecule has 0 spiro atoms. The van der Waals surface area contributed by atoms with Gasteiger partial charge >= 0.3 is 0 Å². The lowest BCUT2D eigenvalue weighted by atomic mass is 9.90. The summed E-state index contributed by atoms with van der Waals surface area (Å²) >= 11 is 0. The third-order valence-corrected chi connectivity index (χ3v) is 2.54.